The second-order valence-electron chi connectivity index (χ2n) is 6.75. The van der Waals surface area contributed by atoms with Crippen LogP contribution in [0.5, 0.6) is 11.5 Å². The molecule has 2 aliphatic carbocycles. The number of allylic oxidation sites excluding steroid dienone is 2. The molecule has 0 aromatic heterocycles. The molecular formula is C17H13N3O6. The number of hydrogen-bond acceptors (Lipinski definition) is 7. The van der Waals surface area contributed by atoms with E-state index in [-0.39, 0.29) is 59.3 Å². The van der Waals surface area contributed by atoms with Gasteiger partial charge < -0.3 is 9.47 Å². The minimum Gasteiger partial charge on any atom is -0.454 e. The Bertz CT molecular complexity index is 893. The topological polar surface area (TPSA) is 111 Å². The van der Waals surface area contributed by atoms with Gasteiger partial charge in [0.2, 0.25) is 6.79 Å². The van der Waals surface area contributed by atoms with E-state index >= 15 is 0 Å². The molecule has 4 aliphatic rings. The van der Waals surface area contributed by atoms with Crippen molar-refractivity contribution in [3.63, 3.8) is 0 Å². The van der Waals surface area contributed by atoms with Crippen LogP contribution in [0.1, 0.15) is 12.0 Å². The molecule has 4 atom stereocenters. The maximum absolute atomic E-state index is 12.6. The third-order valence-electron chi connectivity index (χ3n) is 5.48. The van der Waals surface area contributed by atoms with Gasteiger partial charge in [-0.05, 0) is 24.3 Å². The molecule has 1 saturated carbocycles. The first-order valence-corrected chi connectivity index (χ1v) is 8.23. The fourth-order valence-electron chi connectivity index (χ4n) is 4.33. The number of imide groups is 1. The number of nitro groups is 1. The van der Waals surface area contributed by atoms with E-state index in [4.69, 9.17) is 9.47 Å². The molecule has 0 spiro atoms. The molecule has 1 saturated heterocycles. The third kappa shape index (κ3) is 1.94. The first-order valence-electron chi connectivity index (χ1n) is 8.23. The monoisotopic (exact) mass is 355 g/mol. The number of fused-ring (bicyclic) bond motifs is 6. The highest BCUT2D eigenvalue weighted by atomic mass is 16.7. The number of rotatable bonds is 3. The van der Waals surface area contributed by atoms with Gasteiger partial charge in [0, 0.05) is 0 Å². The summed E-state index contributed by atoms with van der Waals surface area (Å²) in [6.07, 6.45) is 5.98. The highest BCUT2D eigenvalue weighted by Gasteiger charge is 2.59. The Kier molecular flexibility index (Phi) is 2.97. The molecule has 2 amide bonds. The van der Waals surface area contributed by atoms with Crippen LogP contribution in [0.25, 0.3) is 0 Å². The number of hydrogen-bond donors (Lipinski definition) is 0. The Hall–Kier alpha value is -3.23. The zero-order valence-corrected chi connectivity index (χ0v) is 13.4. The molecule has 26 heavy (non-hydrogen) atoms. The lowest BCUT2D eigenvalue weighted by atomic mass is 9.85. The number of carbonyl (C=O) groups is 2. The fraction of sp³-hybridized carbons (Fsp3) is 0.353. The summed E-state index contributed by atoms with van der Waals surface area (Å²) in [6, 6.07) is 2.66. The van der Waals surface area contributed by atoms with Gasteiger partial charge in [0.15, 0.2) is 11.5 Å². The third-order valence-corrected chi connectivity index (χ3v) is 5.48. The molecule has 0 radical (unpaired) electrons. The van der Waals surface area contributed by atoms with Crippen molar-refractivity contribution in [1.82, 2.24) is 5.01 Å². The van der Waals surface area contributed by atoms with Crippen LogP contribution in [0, 0.1) is 33.8 Å². The summed E-state index contributed by atoms with van der Waals surface area (Å²) >= 11 is 0. The lowest BCUT2D eigenvalue weighted by molar-refractivity contribution is -0.385. The quantitative estimate of drug-likeness (QED) is 0.267. The maximum atomic E-state index is 12.6. The standard InChI is InChI=1S/C17H13N3O6/c21-16-14-8-1-2-9(3-8)15(14)17(22)19(16)18-6-10-4-12-13(26-7-25-12)5-11(10)20(23)24/h1-2,4-6,8-9,14-15H,3,7H2/t8-,9-,14-,15+/m0/s1. The van der Waals surface area contributed by atoms with Gasteiger partial charge in [-0.25, -0.2) is 0 Å². The minimum atomic E-state index is -0.574. The smallest absolute Gasteiger partial charge is 0.282 e. The Morgan fingerprint density at radius 2 is 1.73 bits per heavy atom. The van der Waals surface area contributed by atoms with Gasteiger partial charge in [-0.2, -0.15) is 10.1 Å². The molecule has 0 unspecified atom stereocenters. The van der Waals surface area contributed by atoms with Gasteiger partial charge in [0.1, 0.15) is 0 Å². The van der Waals surface area contributed by atoms with Gasteiger partial charge >= 0.3 is 0 Å². The van der Waals surface area contributed by atoms with Crippen molar-refractivity contribution >= 4 is 23.7 Å². The predicted molar refractivity (Wildman–Crippen MR) is 86.4 cm³/mol. The molecule has 5 rings (SSSR count). The summed E-state index contributed by atoms with van der Waals surface area (Å²) in [5, 5.41) is 16.1. The molecule has 1 aromatic carbocycles. The average Bonchev–Trinajstić information content (AvgIpc) is 3.37. The van der Waals surface area contributed by atoms with Crippen molar-refractivity contribution in [3.05, 3.63) is 40.0 Å². The molecule has 9 nitrogen and oxygen atoms in total. The van der Waals surface area contributed by atoms with E-state index in [0.717, 1.165) is 17.6 Å². The van der Waals surface area contributed by atoms with Crippen LogP contribution >= 0.6 is 0 Å². The van der Waals surface area contributed by atoms with Gasteiger partial charge in [0.25, 0.3) is 17.5 Å². The summed E-state index contributed by atoms with van der Waals surface area (Å²) in [5.74, 6) is -0.589. The number of carbonyl (C=O) groups excluding carboxylic acids is 2. The predicted octanol–water partition coefficient (Wildman–Crippen LogP) is 1.46. The molecule has 2 fully saturated rings. The molecule has 2 heterocycles. The first-order chi connectivity index (χ1) is 12.5. The van der Waals surface area contributed by atoms with Crippen LogP contribution in [-0.2, 0) is 9.59 Å². The molecule has 9 heteroatoms. The summed E-state index contributed by atoms with van der Waals surface area (Å²) < 4.78 is 10.4. The Balaban J connectivity index is 1.47. The Morgan fingerprint density at radius 3 is 2.35 bits per heavy atom. The van der Waals surface area contributed by atoms with E-state index in [2.05, 4.69) is 5.10 Å². The van der Waals surface area contributed by atoms with Crippen LogP contribution in [0.15, 0.2) is 29.4 Å². The number of ether oxygens (including phenoxy) is 2. The number of nitrogens with zero attached hydrogens (tertiary/aromatic N) is 3. The lowest BCUT2D eigenvalue weighted by Crippen LogP contribution is -2.28. The van der Waals surface area contributed by atoms with Crippen LogP contribution in [0.4, 0.5) is 5.69 Å². The van der Waals surface area contributed by atoms with Crippen molar-refractivity contribution in [2.75, 3.05) is 6.79 Å². The number of nitro benzene ring substituents is 1. The van der Waals surface area contributed by atoms with Crippen molar-refractivity contribution < 1.29 is 24.0 Å². The largest absolute Gasteiger partial charge is 0.454 e. The molecule has 2 bridgehead atoms. The average molecular weight is 355 g/mol. The zero-order chi connectivity index (χ0) is 18.0. The van der Waals surface area contributed by atoms with E-state index in [1.54, 1.807) is 0 Å². The van der Waals surface area contributed by atoms with Crippen molar-refractivity contribution in [3.8, 4) is 11.5 Å². The molecule has 0 N–H and O–H groups in total. The number of amides is 2. The summed E-state index contributed by atoms with van der Waals surface area (Å²) in [7, 11) is 0. The molecule has 132 valence electrons. The first kappa shape index (κ1) is 15.1. The van der Waals surface area contributed by atoms with E-state index in [1.165, 1.54) is 12.1 Å². The van der Waals surface area contributed by atoms with Crippen LogP contribution in [0.3, 0.4) is 0 Å². The lowest BCUT2D eigenvalue weighted by Gasteiger charge is -2.13. The van der Waals surface area contributed by atoms with E-state index < -0.39 is 4.92 Å². The Morgan fingerprint density at radius 1 is 1.12 bits per heavy atom. The van der Waals surface area contributed by atoms with Gasteiger partial charge in [-0.3, -0.25) is 19.7 Å². The van der Waals surface area contributed by atoms with Crippen molar-refractivity contribution in [2.24, 2.45) is 28.8 Å². The van der Waals surface area contributed by atoms with E-state index in [1.807, 2.05) is 12.2 Å². The van der Waals surface area contributed by atoms with Crippen LogP contribution in [0.2, 0.25) is 0 Å². The fourth-order valence-corrected chi connectivity index (χ4v) is 4.33. The summed E-state index contributed by atoms with van der Waals surface area (Å²) in [6.45, 7) is -0.0185. The maximum Gasteiger partial charge on any atom is 0.282 e. The Labute approximate surface area is 147 Å². The van der Waals surface area contributed by atoms with Crippen LogP contribution in [-0.4, -0.2) is 34.8 Å². The SMILES string of the molecule is O=C1[C@@H]2[C@H](C(=O)N1N=Cc1cc3c(cc1[N+](=O)[O-])OCO3)[C@H]1C=C[C@H]2C1. The molecule has 2 aliphatic heterocycles. The minimum absolute atomic E-state index is 0.0185. The number of hydrazone groups is 1. The van der Waals surface area contributed by atoms with Gasteiger partial charge in [0.05, 0.1) is 34.6 Å². The van der Waals surface area contributed by atoms with Crippen LogP contribution < -0.4 is 9.47 Å². The van der Waals surface area contributed by atoms with Gasteiger partial charge in [-0.1, -0.05) is 12.2 Å². The zero-order valence-electron chi connectivity index (χ0n) is 13.4. The second kappa shape index (κ2) is 5.13. The second-order valence-corrected chi connectivity index (χ2v) is 6.75. The van der Waals surface area contributed by atoms with E-state index in [9.17, 15) is 19.7 Å². The highest BCUT2D eigenvalue weighted by Crippen LogP contribution is 2.52. The molecule has 1 aromatic rings. The molecular weight excluding hydrogens is 342 g/mol. The summed E-state index contributed by atoms with van der Waals surface area (Å²) in [4.78, 5) is 35.9. The van der Waals surface area contributed by atoms with Crippen molar-refractivity contribution in [1.29, 1.82) is 0 Å². The summed E-state index contributed by atoms with van der Waals surface area (Å²) in [5.41, 5.74) is -0.1000. The normalized spacial score (nSPS) is 30.7. The highest BCUT2D eigenvalue weighted by molar-refractivity contribution is 6.07. The van der Waals surface area contributed by atoms with Crippen molar-refractivity contribution in [2.45, 2.75) is 6.42 Å². The number of benzene rings is 1. The van der Waals surface area contributed by atoms with Gasteiger partial charge in [-0.15, -0.1) is 0 Å². The van der Waals surface area contributed by atoms with E-state index in [0.29, 0.717) is 5.75 Å².